The molecule has 37 heavy (non-hydrogen) atoms. The minimum Gasteiger partial charge on any atom is -0.466 e. The number of nitrogens with two attached hydrogens (primary N) is 1. The number of benzene rings is 3. The highest BCUT2D eigenvalue weighted by molar-refractivity contribution is 6.42. The van der Waals surface area contributed by atoms with E-state index in [1.807, 2.05) is 6.07 Å². The summed E-state index contributed by atoms with van der Waals surface area (Å²) < 4.78 is 10.1. The minimum absolute atomic E-state index is 0.0179. The van der Waals surface area contributed by atoms with E-state index in [1.165, 1.54) is 19.1 Å². The van der Waals surface area contributed by atoms with Crippen LogP contribution in [0.25, 0.3) is 11.1 Å². The third-order valence-corrected chi connectivity index (χ3v) is 6.71. The summed E-state index contributed by atoms with van der Waals surface area (Å²) in [7, 11) is 2.40. The Kier molecular flexibility index (Phi) is 7.53. The predicted molar refractivity (Wildman–Crippen MR) is 141 cm³/mol. The second-order valence-corrected chi connectivity index (χ2v) is 8.83. The second kappa shape index (κ2) is 10.8. The first-order valence-corrected chi connectivity index (χ1v) is 11.8. The summed E-state index contributed by atoms with van der Waals surface area (Å²) in [5, 5.41) is 11.0. The SMILES string of the molecule is COC(=O)C1=C(C(=O)OC)N(c2cccc(-c3ccc(Cl)c(Cl)c3)c2)C(N)=C(C#N)C1c1ccccc1. The molecule has 1 atom stereocenters. The van der Waals surface area contributed by atoms with Crippen LogP contribution in [0.15, 0.2) is 95.5 Å². The zero-order valence-electron chi connectivity index (χ0n) is 19.9. The standard InChI is InChI=1S/C28H21Cl2N3O4/c1-36-27(34)24-23(16-7-4-3-5-8-16)20(15-31)26(32)33(25(24)28(35)37-2)19-10-6-9-17(13-19)18-11-12-21(29)22(30)14-18/h3-14,23H,32H2,1-2H3. The van der Waals surface area contributed by atoms with Crippen LogP contribution in [-0.4, -0.2) is 26.2 Å². The minimum atomic E-state index is -0.942. The molecule has 3 aromatic carbocycles. The molecule has 1 heterocycles. The number of nitrogens with zero attached hydrogens (tertiary/aromatic N) is 2. The molecule has 3 aromatic rings. The second-order valence-electron chi connectivity index (χ2n) is 8.01. The van der Waals surface area contributed by atoms with Gasteiger partial charge < -0.3 is 15.2 Å². The number of hydrogen-bond donors (Lipinski definition) is 1. The van der Waals surface area contributed by atoms with Crippen LogP contribution in [0.3, 0.4) is 0 Å². The molecule has 0 aliphatic carbocycles. The first-order chi connectivity index (χ1) is 17.8. The average molecular weight is 534 g/mol. The lowest BCUT2D eigenvalue weighted by Gasteiger charge is -2.36. The lowest BCUT2D eigenvalue weighted by Crippen LogP contribution is -2.40. The number of rotatable bonds is 5. The number of carbonyl (C=O) groups excluding carboxylic acids is 2. The van der Waals surface area contributed by atoms with Crippen molar-refractivity contribution in [1.82, 2.24) is 0 Å². The van der Waals surface area contributed by atoms with Crippen molar-refractivity contribution in [2.45, 2.75) is 5.92 Å². The van der Waals surface area contributed by atoms with Gasteiger partial charge in [-0.15, -0.1) is 0 Å². The molecule has 2 N–H and O–H groups in total. The molecule has 4 rings (SSSR count). The Balaban J connectivity index is 2.00. The maximum atomic E-state index is 13.2. The van der Waals surface area contributed by atoms with Crippen LogP contribution in [0.4, 0.5) is 5.69 Å². The zero-order chi connectivity index (χ0) is 26.7. The van der Waals surface area contributed by atoms with Crippen molar-refractivity contribution in [2.24, 2.45) is 5.73 Å². The Morgan fingerprint density at radius 3 is 2.19 bits per heavy atom. The average Bonchev–Trinajstić information content (AvgIpc) is 2.93. The van der Waals surface area contributed by atoms with Gasteiger partial charge in [-0.25, -0.2) is 9.59 Å². The molecule has 1 unspecified atom stereocenters. The van der Waals surface area contributed by atoms with Gasteiger partial charge in [-0.05, 0) is 41.0 Å². The third kappa shape index (κ3) is 4.77. The Bertz CT molecular complexity index is 1490. The molecule has 1 aliphatic rings. The quantitative estimate of drug-likeness (QED) is 0.428. The molecule has 7 nitrogen and oxygen atoms in total. The third-order valence-electron chi connectivity index (χ3n) is 5.97. The number of halogens is 2. The van der Waals surface area contributed by atoms with Crippen LogP contribution in [0.5, 0.6) is 0 Å². The Hall–Kier alpha value is -4.25. The maximum absolute atomic E-state index is 13.2. The summed E-state index contributed by atoms with van der Waals surface area (Å²) in [6.45, 7) is 0. The number of esters is 2. The lowest BCUT2D eigenvalue weighted by molar-refractivity contribution is -0.139. The van der Waals surface area contributed by atoms with Crippen molar-refractivity contribution in [2.75, 3.05) is 19.1 Å². The van der Waals surface area contributed by atoms with Crippen molar-refractivity contribution in [3.05, 3.63) is 111 Å². The highest BCUT2D eigenvalue weighted by Gasteiger charge is 2.43. The molecule has 0 spiro atoms. The Morgan fingerprint density at radius 1 is 0.892 bits per heavy atom. The van der Waals surface area contributed by atoms with Crippen LogP contribution >= 0.6 is 23.2 Å². The van der Waals surface area contributed by atoms with Gasteiger partial charge in [0.05, 0.1) is 47.4 Å². The molecule has 0 fully saturated rings. The predicted octanol–water partition coefficient (Wildman–Crippen LogP) is 5.56. The van der Waals surface area contributed by atoms with Crippen LogP contribution in [0.2, 0.25) is 10.0 Å². The van der Waals surface area contributed by atoms with E-state index in [0.29, 0.717) is 21.3 Å². The number of carbonyl (C=O) groups is 2. The molecule has 9 heteroatoms. The molecular formula is C28H21Cl2N3O4. The summed E-state index contributed by atoms with van der Waals surface area (Å²) in [5.41, 5.74) is 8.94. The van der Waals surface area contributed by atoms with Gasteiger partial charge in [-0.3, -0.25) is 4.90 Å². The number of hydrogen-bond acceptors (Lipinski definition) is 7. The smallest absolute Gasteiger partial charge is 0.355 e. The van der Waals surface area contributed by atoms with Gasteiger partial charge in [0.1, 0.15) is 11.5 Å². The van der Waals surface area contributed by atoms with Gasteiger partial charge in [-0.1, -0.05) is 71.7 Å². The van der Waals surface area contributed by atoms with E-state index in [1.54, 1.807) is 66.7 Å². The molecule has 0 aromatic heterocycles. The fourth-order valence-electron chi connectivity index (χ4n) is 4.28. The molecule has 0 radical (unpaired) electrons. The summed E-state index contributed by atoms with van der Waals surface area (Å²) in [6, 6.07) is 23.2. The molecule has 186 valence electrons. The molecule has 0 bridgehead atoms. The Morgan fingerprint density at radius 2 is 1.57 bits per heavy atom. The summed E-state index contributed by atoms with van der Waals surface area (Å²) in [4.78, 5) is 27.7. The van der Waals surface area contributed by atoms with Crippen molar-refractivity contribution >= 4 is 40.8 Å². The lowest BCUT2D eigenvalue weighted by atomic mass is 9.81. The topological polar surface area (TPSA) is 106 Å². The Labute approximate surface area is 223 Å². The number of anilines is 1. The van der Waals surface area contributed by atoms with E-state index >= 15 is 0 Å². The van der Waals surface area contributed by atoms with Crippen LogP contribution < -0.4 is 10.6 Å². The van der Waals surface area contributed by atoms with Crippen LogP contribution in [-0.2, 0) is 19.1 Å². The fourth-order valence-corrected chi connectivity index (χ4v) is 4.58. The van der Waals surface area contributed by atoms with Gasteiger partial charge in [0.25, 0.3) is 0 Å². The molecule has 0 saturated heterocycles. The molecule has 0 amide bonds. The first kappa shape index (κ1) is 25.8. The van der Waals surface area contributed by atoms with Crippen LogP contribution in [0, 0.1) is 11.3 Å². The van der Waals surface area contributed by atoms with Crippen molar-refractivity contribution in [1.29, 1.82) is 5.26 Å². The maximum Gasteiger partial charge on any atom is 0.355 e. The number of allylic oxidation sites excluding steroid dienone is 1. The number of ether oxygens (including phenoxy) is 2. The van der Waals surface area contributed by atoms with E-state index in [2.05, 4.69) is 6.07 Å². The zero-order valence-corrected chi connectivity index (χ0v) is 21.4. The van der Waals surface area contributed by atoms with E-state index in [9.17, 15) is 14.9 Å². The number of nitriles is 1. The number of methoxy groups -OCH3 is 2. The van der Waals surface area contributed by atoms with E-state index in [4.69, 9.17) is 38.4 Å². The highest BCUT2D eigenvalue weighted by Crippen LogP contribution is 2.43. The van der Waals surface area contributed by atoms with Gasteiger partial charge in [0.15, 0.2) is 0 Å². The van der Waals surface area contributed by atoms with Crippen molar-refractivity contribution in [3.63, 3.8) is 0 Å². The van der Waals surface area contributed by atoms with Crippen molar-refractivity contribution < 1.29 is 19.1 Å². The molecule has 1 aliphatic heterocycles. The van der Waals surface area contributed by atoms with Crippen molar-refractivity contribution in [3.8, 4) is 17.2 Å². The monoisotopic (exact) mass is 533 g/mol. The summed E-state index contributed by atoms with van der Waals surface area (Å²) >= 11 is 12.3. The fraction of sp³-hybridized carbons (Fsp3) is 0.107. The van der Waals surface area contributed by atoms with E-state index in [0.717, 1.165) is 11.1 Å². The van der Waals surface area contributed by atoms with Crippen LogP contribution in [0.1, 0.15) is 11.5 Å². The normalized spacial score (nSPS) is 15.3. The molecule has 0 saturated carbocycles. The van der Waals surface area contributed by atoms with Gasteiger partial charge in [0, 0.05) is 5.69 Å². The van der Waals surface area contributed by atoms with E-state index < -0.39 is 17.9 Å². The molecular weight excluding hydrogens is 513 g/mol. The first-order valence-electron chi connectivity index (χ1n) is 11.0. The highest BCUT2D eigenvalue weighted by atomic mass is 35.5. The largest absolute Gasteiger partial charge is 0.466 e. The van der Waals surface area contributed by atoms with Gasteiger partial charge in [-0.2, -0.15) is 5.26 Å². The van der Waals surface area contributed by atoms with Gasteiger partial charge in [0.2, 0.25) is 0 Å². The summed E-state index contributed by atoms with van der Waals surface area (Å²) in [6.07, 6.45) is 0. The van der Waals surface area contributed by atoms with E-state index in [-0.39, 0.29) is 22.7 Å². The van der Waals surface area contributed by atoms with Gasteiger partial charge >= 0.3 is 11.9 Å². The summed E-state index contributed by atoms with van der Waals surface area (Å²) in [5.74, 6) is -2.57.